The van der Waals surface area contributed by atoms with Crippen LogP contribution in [0.4, 0.5) is 0 Å². The number of rotatable bonds is 7. The van der Waals surface area contributed by atoms with Crippen molar-refractivity contribution in [3.63, 3.8) is 0 Å². The molecule has 0 atom stereocenters. The number of carbonyl (C=O) groups excluding carboxylic acids is 2. The minimum Gasteiger partial charge on any atom is -0.497 e. The van der Waals surface area contributed by atoms with Crippen LogP contribution >= 0.6 is 0 Å². The molecular weight excluding hydrogens is 424 g/mol. The van der Waals surface area contributed by atoms with Crippen LogP contribution in [0.5, 0.6) is 5.75 Å². The number of likely N-dealkylation sites (tertiary alicyclic amines) is 2. The fraction of sp³-hybridized carbons (Fsp3) is 0.583. The highest BCUT2D eigenvalue weighted by atomic mass is 16.5. The summed E-state index contributed by atoms with van der Waals surface area (Å²) >= 11 is 0. The summed E-state index contributed by atoms with van der Waals surface area (Å²) in [5.41, 5.74) is 0.877. The number of hydrogen-bond acceptors (Lipinski definition) is 8. The van der Waals surface area contributed by atoms with E-state index in [0.717, 1.165) is 37.2 Å². The van der Waals surface area contributed by atoms with E-state index in [-0.39, 0.29) is 23.7 Å². The molecule has 0 aliphatic carbocycles. The lowest BCUT2D eigenvalue weighted by Crippen LogP contribution is -2.46. The Kier molecular flexibility index (Phi) is 7.59. The standard InChI is InChI=1S/C24H32N4O5/c1-3-32-24(30)19-10-14-28(15-11-19)23(29)18-8-12-27(13-9-18)16-21-25-22(26-33-21)17-4-6-20(31-2)7-5-17/h4-7,18-19H,3,8-16H2,1-2H3. The lowest BCUT2D eigenvalue weighted by Gasteiger charge is -2.36. The smallest absolute Gasteiger partial charge is 0.309 e. The van der Waals surface area contributed by atoms with Crippen LogP contribution in [0.15, 0.2) is 28.8 Å². The van der Waals surface area contributed by atoms with Crippen molar-refractivity contribution in [2.24, 2.45) is 11.8 Å². The van der Waals surface area contributed by atoms with Crippen LogP contribution in [-0.4, -0.2) is 71.7 Å². The topological polar surface area (TPSA) is 98.0 Å². The molecule has 9 heteroatoms. The van der Waals surface area contributed by atoms with E-state index >= 15 is 0 Å². The predicted molar refractivity (Wildman–Crippen MR) is 120 cm³/mol. The zero-order chi connectivity index (χ0) is 23.2. The summed E-state index contributed by atoms with van der Waals surface area (Å²) in [7, 11) is 1.63. The molecule has 1 amide bonds. The molecule has 2 aliphatic rings. The molecule has 0 N–H and O–H groups in total. The molecule has 3 heterocycles. The van der Waals surface area contributed by atoms with E-state index in [2.05, 4.69) is 15.0 Å². The second-order valence-electron chi connectivity index (χ2n) is 8.64. The van der Waals surface area contributed by atoms with Crippen molar-refractivity contribution >= 4 is 11.9 Å². The highest BCUT2D eigenvalue weighted by Gasteiger charge is 2.33. The predicted octanol–water partition coefficient (Wildman–Crippen LogP) is 2.76. The molecule has 2 aliphatic heterocycles. The molecule has 9 nitrogen and oxygen atoms in total. The number of benzene rings is 1. The second kappa shape index (κ2) is 10.8. The Balaban J connectivity index is 1.23. The number of esters is 1. The van der Waals surface area contributed by atoms with Gasteiger partial charge in [0.25, 0.3) is 0 Å². The van der Waals surface area contributed by atoms with Crippen molar-refractivity contribution in [2.45, 2.75) is 39.2 Å². The Morgan fingerprint density at radius 3 is 2.33 bits per heavy atom. The van der Waals surface area contributed by atoms with Crippen LogP contribution in [0.3, 0.4) is 0 Å². The number of amides is 1. The van der Waals surface area contributed by atoms with Crippen molar-refractivity contribution < 1.29 is 23.6 Å². The number of hydrogen-bond donors (Lipinski definition) is 0. The fourth-order valence-electron chi connectivity index (χ4n) is 4.56. The van der Waals surface area contributed by atoms with Crippen molar-refractivity contribution in [3.05, 3.63) is 30.2 Å². The molecule has 4 rings (SSSR count). The third-order valence-electron chi connectivity index (χ3n) is 6.54. The van der Waals surface area contributed by atoms with E-state index in [1.807, 2.05) is 36.1 Å². The van der Waals surface area contributed by atoms with Gasteiger partial charge in [0.2, 0.25) is 17.6 Å². The minimum atomic E-state index is -0.130. The first-order valence-electron chi connectivity index (χ1n) is 11.7. The van der Waals surface area contributed by atoms with Gasteiger partial charge in [-0.05, 0) is 70.0 Å². The van der Waals surface area contributed by atoms with Crippen LogP contribution in [0.1, 0.15) is 38.5 Å². The lowest BCUT2D eigenvalue weighted by molar-refractivity contribution is -0.152. The Bertz CT molecular complexity index is 929. The van der Waals surface area contributed by atoms with Crippen molar-refractivity contribution in [3.8, 4) is 17.1 Å². The van der Waals surface area contributed by atoms with E-state index in [4.69, 9.17) is 14.0 Å². The number of ether oxygens (including phenoxy) is 2. The van der Waals surface area contributed by atoms with E-state index in [1.54, 1.807) is 7.11 Å². The van der Waals surface area contributed by atoms with Crippen LogP contribution in [-0.2, 0) is 20.9 Å². The van der Waals surface area contributed by atoms with Crippen LogP contribution in [0.25, 0.3) is 11.4 Å². The molecule has 2 saturated heterocycles. The molecular formula is C24H32N4O5. The SMILES string of the molecule is CCOC(=O)C1CCN(C(=O)C2CCN(Cc3nc(-c4ccc(OC)cc4)no3)CC2)CC1. The first kappa shape index (κ1) is 23.2. The van der Waals surface area contributed by atoms with Gasteiger partial charge in [-0.15, -0.1) is 0 Å². The summed E-state index contributed by atoms with van der Waals surface area (Å²) in [4.78, 5) is 33.6. The van der Waals surface area contributed by atoms with Crippen molar-refractivity contribution in [1.82, 2.24) is 19.9 Å². The Morgan fingerprint density at radius 1 is 1.03 bits per heavy atom. The first-order valence-corrected chi connectivity index (χ1v) is 11.7. The number of carbonyl (C=O) groups is 2. The zero-order valence-electron chi connectivity index (χ0n) is 19.4. The Labute approximate surface area is 194 Å². The van der Waals surface area contributed by atoms with Gasteiger partial charge in [-0.3, -0.25) is 14.5 Å². The van der Waals surface area contributed by atoms with E-state index in [9.17, 15) is 9.59 Å². The fourth-order valence-corrected chi connectivity index (χ4v) is 4.56. The maximum atomic E-state index is 13.0. The largest absolute Gasteiger partial charge is 0.497 e. The lowest BCUT2D eigenvalue weighted by atomic mass is 9.92. The van der Waals surface area contributed by atoms with Crippen LogP contribution in [0.2, 0.25) is 0 Å². The summed E-state index contributed by atoms with van der Waals surface area (Å²) in [6.07, 6.45) is 3.01. The van der Waals surface area contributed by atoms with Gasteiger partial charge in [-0.1, -0.05) is 5.16 Å². The maximum Gasteiger partial charge on any atom is 0.309 e. The van der Waals surface area contributed by atoms with Gasteiger partial charge in [0.15, 0.2) is 0 Å². The van der Waals surface area contributed by atoms with Gasteiger partial charge in [-0.25, -0.2) is 0 Å². The molecule has 178 valence electrons. The van der Waals surface area contributed by atoms with Gasteiger partial charge in [-0.2, -0.15) is 4.98 Å². The van der Waals surface area contributed by atoms with Crippen molar-refractivity contribution in [2.75, 3.05) is 39.9 Å². The van der Waals surface area contributed by atoms with Crippen molar-refractivity contribution in [1.29, 1.82) is 0 Å². The summed E-state index contributed by atoms with van der Waals surface area (Å²) in [6.45, 7) is 5.71. The van der Waals surface area contributed by atoms with Gasteiger partial charge in [0.1, 0.15) is 5.75 Å². The molecule has 0 spiro atoms. The number of methoxy groups -OCH3 is 1. The second-order valence-corrected chi connectivity index (χ2v) is 8.64. The highest BCUT2D eigenvalue weighted by molar-refractivity contribution is 5.79. The summed E-state index contributed by atoms with van der Waals surface area (Å²) < 4.78 is 15.7. The Hall–Kier alpha value is -2.94. The van der Waals surface area contributed by atoms with Crippen LogP contribution < -0.4 is 4.74 Å². The van der Waals surface area contributed by atoms with Crippen LogP contribution in [0, 0.1) is 11.8 Å². The number of nitrogens with zero attached hydrogens (tertiary/aromatic N) is 4. The molecule has 2 fully saturated rings. The summed E-state index contributed by atoms with van der Waals surface area (Å²) in [5.74, 6) is 1.97. The molecule has 1 aromatic heterocycles. The average molecular weight is 457 g/mol. The third kappa shape index (κ3) is 5.71. The number of aromatic nitrogens is 2. The molecule has 1 aromatic carbocycles. The molecule has 0 unspecified atom stereocenters. The van der Waals surface area contributed by atoms with E-state index in [0.29, 0.717) is 50.8 Å². The van der Waals surface area contributed by atoms with Gasteiger partial charge < -0.3 is 18.9 Å². The minimum absolute atomic E-state index is 0.0398. The molecule has 0 radical (unpaired) electrons. The molecule has 0 saturated carbocycles. The maximum absolute atomic E-state index is 13.0. The molecule has 0 bridgehead atoms. The quantitative estimate of drug-likeness (QED) is 0.587. The zero-order valence-corrected chi connectivity index (χ0v) is 19.4. The summed E-state index contributed by atoms with van der Waals surface area (Å²) in [5, 5.41) is 4.09. The Morgan fingerprint density at radius 2 is 1.70 bits per heavy atom. The highest BCUT2D eigenvalue weighted by Crippen LogP contribution is 2.26. The monoisotopic (exact) mass is 456 g/mol. The van der Waals surface area contributed by atoms with E-state index in [1.165, 1.54) is 0 Å². The third-order valence-corrected chi connectivity index (χ3v) is 6.54. The average Bonchev–Trinajstić information content (AvgIpc) is 3.33. The van der Waals surface area contributed by atoms with Gasteiger partial charge >= 0.3 is 5.97 Å². The van der Waals surface area contributed by atoms with Gasteiger partial charge in [0, 0.05) is 24.6 Å². The summed E-state index contributed by atoms with van der Waals surface area (Å²) in [6, 6.07) is 7.54. The number of piperidine rings is 2. The first-order chi connectivity index (χ1) is 16.1. The normalized spacial score (nSPS) is 18.3. The molecule has 33 heavy (non-hydrogen) atoms. The molecule has 2 aromatic rings. The van der Waals surface area contributed by atoms with Gasteiger partial charge in [0.05, 0.1) is 26.2 Å². The van der Waals surface area contributed by atoms with E-state index < -0.39 is 0 Å².